The zero-order chi connectivity index (χ0) is 20.2. The number of hydrogen-bond acceptors (Lipinski definition) is 8. The summed E-state index contributed by atoms with van der Waals surface area (Å²) in [6, 6.07) is 0. The third-order valence-electron chi connectivity index (χ3n) is 2.20. The largest absolute Gasteiger partial charge is 0.471 e. The Labute approximate surface area is 158 Å². The van der Waals surface area contributed by atoms with Crippen molar-refractivity contribution in [1.29, 1.82) is 0 Å². The van der Waals surface area contributed by atoms with Crippen molar-refractivity contribution in [2.75, 3.05) is 30.9 Å². The third-order valence-corrected chi connectivity index (χ3v) is 6.29. The highest BCUT2D eigenvalue weighted by Gasteiger charge is 2.46. The average Bonchev–Trinajstić information content (AvgIpc) is 2.53. The summed E-state index contributed by atoms with van der Waals surface area (Å²) in [5.41, 5.74) is 0. The van der Waals surface area contributed by atoms with E-state index in [9.17, 15) is 27.3 Å². The van der Waals surface area contributed by atoms with Gasteiger partial charge in [0.05, 0.1) is 6.61 Å². The Hall–Kier alpha value is -0.940. The molecule has 0 aromatic rings. The molecule has 0 saturated carbocycles. The molecule has 0 aromatic heterocycles. The molecule has 7 nitrogen and oxygen atoms in total. The smallest absolute Gasteiger partial charge is 0.465 e. The van der Waals surface area contributed by atoms with Crippen LogP contribution in [-0.4, -0.2) is 53.9 Å². The van der Waals surface area contributed by atoms with E-state index in [0.717, 1.165) is 0 Å². The van der Waals surface area contributed by atoms with Crippen LogP contribution in [0.25, 0.3) is 0 Å². The standard InChI is InChI=1S/C13H19F3NO6PS2/c1-4-7-25-22-24(20,23-26-8-5-2)10-17(9-11(18)21-6-3)12(19)13(14,15)16/h4-5H,1-2,6-10H2,3H3. The molecule has 1 amide bonds. The Morgan fingerprint density at radius 2 is 1.65 bits per heavy atom. The van der Waals surface area contributed by atoms with Crippen LogP contribution in [-0.2, 0) is 26.8 Å². The molecular weight excluding hydrogens is 418 g/mol. The Morgan fingerprint density at radius 1 is 1.15 bits per heavy atom. The van der Waals surface area contributed by atoms with Gasteiger partial charge >= 0.3 is 25.6 Å². The maximum atomic E-state index is 12.8. The van der Waals surface area contributed by atoms with Crippen LogP contribution in [0, 0.1) is 0 Å². The van der Waals surface area contributed by atoms with Gasteiger partial charge in [-0.05, 0) is 6.92 Å². The van der Waals surface area contributed by atoms with Gasteiger partial charge in [-0.3, -0.25) is 14.2 Å². The molecule has 0 bridgehead atoms. The molecule has 0 heterocycles. The number of rotatable bonds is 13. The minimum atomic E-state index is -5.28. The van der Waals surface area contributed by atoms with Gasteiger partial charge in [0.2, 0.25) is 0 Å². The predicted octanol–water partition coefficient (Wildman–Crippen LogP) is 3.79. The molecule has 150 valence electrons. The highest BCUT2D eigenvalue weighted by Crippen LogP contribution is 2.55. The first kappa shape index (κ1) is 25.1. The van der Waals surface area contributed by atoms with Gasteiger partial charge in [0.25, 0.3) is 0 Å². The van der Waals surface area contributed by atoms with E-state index in [1.54, 1.807) is 0 Å². The van der Waals surface area contributed by atoms with Crippen molar-refractivity contribution in [1.82, 2.24) is 4.90 Å². The second-order valence-corrected chi connectivity index (χ2v) is 8.19. The van der Waals surface area contributed by atoms with Crippen LogP contribution < -0.4 is 0 Å². The highest BCUT2D eigenvalue weighted by molar-refractivity contribution is 8.02. The number of nitrogens with zero attached hydrogens (tertiary/aromatic N) is 1. The quantitative estimate of drug-likeness (QED) is 0.142. The summed E-state index contributed by atoms with van der Waals surface area (Å²) in [5.74, 6) is -3.11. The normalized spacial score (nSPS) is 11.7. The van der Waals surface area contributed by atoms with Crippen LogP contribution in [0.2, 0.25) is 0 Å². The van der Waals surface area contributed by atoms with Crippen LogP contribution >= 0.6 is 31.7 Å². The zero-order valence-electron chi connectivity index (χ0n) is 13.9. The van der Waals surface area contributed by atoms with E-state index in [4.69, 9.17) is 7.94 Å². The van der Waals surface area contributed by atoms with E-state index in [1.807, 2.05) is 0 Å². The lowest BCUT2D eigenvalue weighted by atomic mass is 10.5. The summed E-state index contributed by atoms with van der Waals surface area (Å²) in [6.45, 7) is 7.12. The van der Waals surface area contributed by atoms with Gasteiger partial charge < -0.3 is 9.64 Å². The maximum absolute atomic E-state index is 12.8. The number of ether oxygens (including phenoxy) is 1. The van der Waals surface area contributed by atoms with Crippen molar-refractivity contribution in [3.63, 3.8) is 0 Å². The van der Waals surface area contributed by atoms with Gasteiger partial charge in [0, 0.05) is 35.6 Å². The molecule has 26 heavy (non-hydrogen) atoms. The molecule has 0 N–H and O–H groups in total. The fourth-order valence-corrected chi connectivity index (χ4v) is 4.62. The molecule has 0 aliphatic heterocycles. The predicted molar refractivity (Wildman–Crippen MR) is 94.4 cm³/mol. The summed E-state index contributed by atoms with van der Waals surface area (Å²) in [4.78, 5) is 23.1. The van der Waals surface area contributed by atoms with Crippen molar-refractivity contribution >= 4 is 43.6 Å². The van der Waals surface area contributed by atoms with E-state index in [0.29, 0.717) is 24.1 Å². The van der Waals surface area contributed by atoms with Crippen LogP contribution in [0.5, 0.6) is 0 Å². The number of carbonyl (C=O) groups excluding carboxylic acids is 2. The molecule has 0 aliphatic carbocycles. The Kier molecular flexibility index (Phi) is 12.0. The first-order valence-corrected chi connectivity index (χ1v) is 10.6. The van der Waals surface area contributed by atoms with Gasteiger partial charge in [0.1, 0.15) is 12.8 Å². The van der Waals surface area contributed by atoms with Crippen LogP contribution in [0.1, 0.15) is 6.92 Å². The van der Waals surface area contributed by atoms with E-state index in [-0.39, 0.29) is 23.0 Å². The molecule has 0 radical (unpaired) electrons. The van der Waals surface area contributed by atoms with Gasteiger partial charge in [-0.1, -0.05) is 12.2 Å². The van der Waals surface area contributed by atoms with Crippen LogP contribution in [0.4, 0.5) is 13.2 Å². The van der Waals surface area contributed by atoms with Crippen molar-refractivity contribution in [2.45, 2.75) is 13.1 Å². The fourth-order valence-electron chi connectivity index (χ4n) is 1.31. The Bertz CT molecular complexity index is 528. The number of esters is 1. The Morgan fingerprint density at radius 3 is 2.04 bits per heavy atom. The minimum Gasteiger partial charge on any atom is -0.465 e. The number of hydrogen-bond donors (Lipinski definition) is 0. The molecular formula is C13H19F3NO6PS2. The molecule has 0 aromatic carbocycles. The number of amides is 1. The minimum absolute atomic E-state index is 0.0295. The fraction of sp³-hybridized carbons (Fsp3) is 0.538. The summed E-state index contributed by atoms with van der Waals surface area (Å²) < 4.78 is 65.5. The summed E-state index contributed by atoms with van der Waals surface area (Å²) in [6.07, 6.45) is -3.55. The second kappa shape index (κ2) is 12.4. The first-order chi connectivity index (χ1) is 12.1. The first-order valence-electron chi connectivity index (χ1n) is 7.04. The summed E-state index contributed by atoms with van der Waals surface area (Å²) in [7, 11) is -4.21. The lowest BCUT2D eigenvalue weighted by Crippen LogP contribution is -2.44. The van der Waals surface area contributed by atoms with Gasteiger partial charge in [-0.2, -0.15) is 13.2 Å². The topological polar surface area (TPSA) is 82.1 Å². The van der Waals surface area contributed by atoms with Crippen LogP contribution in [0.15, 0.2) is 25.3 Å². The monoisotopic (exact) mass is 437 g/mol. The summed E-state index contributed by atoms with van der Waals surface area (Å²) >= 11 is 1.26. The summed E-state index contributed by atoms with van der Waals surface area (Å²) in [5, 5.41) is 0. The van der Waals surface area contributed by atoms with Crippen LogP contribution in [0.3, 0.4) is 0 Å². The molecule has 0 unspecified atom stereocenters. The molecule has 0 rings (SSSR count). The zero-order valence-corrected chi connectivity index (χ0v) is 16.4. The van der Waals surface area contributed by atoms with Gasteiger partial charge in [-0.15, -0.1) is 13.2 Å². The van der Waals surface area contributed by atoms with Crippen molar-refractivity contribution in [3.05, 3.63) is 25.3 Å². The maximum Gasteiger partial charge on any atom is 0.471 e. The van der Waals surface area contributed by atoms with Crippen molar-refractivity contribution in [3.8, 4) is 0 Å². The molecule has 0 fully saturated rings. The lowest BCUT2D eigenvalue weighted by molar-refractivity contribution is -0.186. The number of alkyl halides is 3. The van der Waals surface area contributed by atoms with E-state index < -0.39 is 38.5 Å². The van der Waals surface area contributed by atoms with E-state index in [1.165, 1.54) is 19.1 Å². The molecule has 0 saturated heterocycles. The van der Waals surface area contributed by atoms with Gasteiger partial charge in [0.15, 0.2) is 0 Å². The number of halogens is 3. The molecule has 0 spiro atoms. The number of carbonyl (C=O) groups is 2. The second-order valence-electron chi connectivity index (χ2n) is 4.35. The van der Waals surface area contributed by atoms with Crippen molar-refractivity contribution in [2.24, 2.45) is 0 Å². The molecule has 13 heteroatoms. The van der Waals surface area contributed by atoms with E-state index >= 15 is 0 Å². The molecule has 0 atom stereocenters. The Balaban J connectivity index is 5.38. The average molecular weight is 437 g/mol. The van der Waals surface area contributed by atoms with Gasteiger partial charge in [-0.25, -0.2) is 7.94 Å². The molecule has 0 aliphatic rings. The third kappa shape index (κ3) is 10.3. The van der Waals surface area contributed by atoms with Crippen molar-refractivity contribution < 1.29 is 40.0 Å². The van der Waals surface area contributed by atoms with E-state index in [2.05, 4.69) is 17.9 Å². The highest BCUT2D eigenvalue weighted by atomic mass is 32.2. The SMILES string of the molecule is C=CCSOP(=O)(CN(CC(=O)OCC)C(=O)C(F)(F)F)OSCC=C. The lowest BCUT2D eigenvalue weighted by Gasteiger charge is -2.26.